The van der Waals surface area contributed by atoms with Crippen LogP contribution in [0.3, 0.4) is 0 Å². The molecule has 0 amide bonds. The highest BCUT2D eigenvalue weighted by molar-refractivity contribution is 4.93. The Hall–Kier alpha value is -0.0800. The smallest absolute Gasteiger partial charge is 0.0512 e. The minimum Gasteiger partial charge on any atom is -0.381 e. The number of hydrogen-bond donors (Lipinski definition) is 1. The van der Waals surface area contributed by atoms with Crippen molar-refractivity contribution in [3.8, 4) is 0 Å². The van der Waals surface area contributed by atoms with Crippen molar-refractivity contribution >= 4 is 0 Å². The third-order valence-electron chi connectivity index (χ3n) is 3.04. The zero-order chi connectivity index (χ0) is 7.03. The van der Waals surface area contributed by atoms with Crippen LogP contribution < -0.4 is 5.32 Å². The van der Waals surface area contributed by atoms with Gasteiger partial charge < -0.3 is 10.1 Å². The summed E-state index contributed by atoms with van der Waals surface area (Å²) in [5.41, 5.74) is 0.554. The number of rotatable bonds is 0. The quantitative estimate of drug-likeness (QED) is 0.534. The maximum absolute atomic E-state index is 5.41. The van der Waals surface area contributed by atoms with Gasteiger partial charge in [0.25, 0.3) is 0 Å². The van der Waals surface area contributed by atoms with Crippen LogP contribution in [0.25, 0.3) is 0 Å². The van der Waals surface area contributed by atoms with Crippen molar-refractivity contribution in [2.45, 2.75) is 13.3 Å². The van der Waals surface area contributed by atoms with Gasteiger partial charge in [0.1, 0.15) is 0 Å². The monoisotopic (exact) mass is 141 g/mol. The summed E-state index contributed by atoms with van der Waals surface area (Å²) in [6.07, 6.45) is 1.24. The number of nitrogens with one attached hydrogen (secondary N) is 1. The average molecular weight is 141 g/mol. The summed E-state index contributed by atoms with van der Waals surface area (Å²) in [5.74, 6) is 0.779. The zero-order valence-corrected chi connectivity index (χ0v) is 6.52. The molecule has 0 radical (unpaired) electrons. The first-order chi connectivity index (χ1) is 4.81. The van der Waals surface area contributed by atoms with E-state index in [0.717, 1.165) is 25.7 Å². The molecule has 0 aromatic heterocycles. The molecule has 2 saturated heterocycles. The first kappa shape index (κ1) is 6.62. The summed E-state index contributed by atoms with van der Waals surface area (Å²) in [7, 11) is 0. The lowest BCUT2D eigenvalue weighted by Crippen LogP contribution is -2.35. The summed E-state index contributed by atoms with van der Waals surface area (Å²) in [6, 6.07) is 0. The SMILES string of the molecule is C[C@@]12CCOC[C@H]1CNC2. The average Bonchev–Trinajstić information content (AvgIpc) is 2.29. The number of hydrogen-bond acceptors (Lipinski definition) is 2. The lowest BCUT2D eigenvalue weighted by Gasteiger charge is -2.34. The van der Waals surface area contributed by atoms with Crippen LogP contribution in [0.2, 0.25) is 0 Å². The van der Waals surface area contributed by atoms with Gasteiger partial charge in [0.15, 0.2) is 0 Å². The summed E-state index contributed by atoms with van der Waals surface area (Å²) in [4.78, 5) is 0. The van der Waals surface area contributed by atoms with Crippen LogP contribution in [0.1, 0.15) is 13.3 Å². The molecule has 2 aliphatic heterocycles. The Labute approximate surface area is 61.9 Å². The van der Waals surface area contributed by atoms with Gasteiger partial charge in [-0.2, -0.15) is 0 Å². The van der Waals surface area contributed by atoms with Crippen molar-refractivity contribution in [3.05, 3.63) is 0 Å². The zero-order valence-electron chi connectivity index (χ0n) is 6.52. The first-order valence-corrected chi connectivity index (χ1v) is 4.10. The molecule has 2 fully saturated rings. The fourth-order valence-corrected chi connectivity index (χ4v) is 2.01. The molecule has 2 nitrogen and oxygen atoms in total. The minimum absolute atomic E-state index is 0.554. The van der Waals surface area contributed by atoms with E-state index in [1.165, 1.54) is 13.0 Å². The minimum atomic E-state index is 0.554. The van der Waals surface area contributed by atoms with Crippen LogP contribution in [0.5, 0.6) is 0 Å². The summed E-state index contributed by atoms with van der Waals surface area (Å²) < 4.78 is 5.41. The van der Waals surface area contributed by atoms with Gasteiger partial charge in [-0.15, -0.1) is 0 Å². The van der Waals surface area contributed by atoms with E-state index in [9.17, 15) is 0 Å². The van der Waals surface area contributed by atoms with E-state index in [-0.39, 0.29) is 0 Å². The second-order valence-electron chi connectivity index (χ2n) is 3.81. The molecule has 0 aliphatic carbocycles. The van der Waals surface area contributed by atoms with E-state index in [1.54, 1.807) is 0 Å². The molecule has 0 bridgehead atoms. The molecule has 0 unspecified atom stereocenters. The Morgan fingerprint density at radius 1 is 1.60 bits per heavy atom. The van der Waals surface area contributed by atoms with Crippen LogP contribution in [0, 0.1) is 11.3 Å². The lowest BCUT2D eigenvalue weighted by molar-refractivity contribution is -0.00560. The predicted octanol–water partition coefficient (Wildman–Crippen LogP) is 0.632. The van der Waals surface area contributed by atoms with Gasteiger partial charge in [-0.25, -0.2) is 0 Å². The standard InChI is InChI=1S/C8H15NO/c1-8-2-3-10-5-7(8)4-9-6-8/h7,9H,2-6H2,1H3/t7-,8+/m1/s1. The van der Waals surface area contributed by atoms with Crippen molar-refractivity contribution in [2.24, 2.45) is 11.3 Å². The molecule has 2 heterocycles. The second-order valence-corrected chi connectivity index (χ2v) is 3.81. The summed E-state index contributed by atoms with van der Waals surface area (Å²) >= 11 is 0. The Bertz CT molecular complexity index is 137. The molecule has 2 rings (SSSR count). The van der Waals surface area contributed by atoms with Crippen molar-refractivity contribution < 1.29 is 4.74 Å². The third-order valence-corrected chi connectivity index (χ3v) is 3.04. The van der Waals surface area contributed by atoms with Crippen LogP contribution in [0.15, 0.2) is 0 Å². The van der Waals surface area contributed by atoms with Gasteiger partial charge in [0.05, 0.1) is 6.61 Å². The Morgan fingerprint density at radius 2 is 2.50 bits per heavy atom. The molecule has 0 aromatic carbocycles. The van der Waals surface area contributed by atoms with Gasteiger partial charge in [-0.3, -0.25) is 0 Å². The number of fused-ring (bicyclic) bond motifs is 1. The van der Waals surface area contributed by atoms with Crippen LogP contribution in [0.4, 0.5) is 0 Å². The molecular weight excluding hydrogens is 126 g/mol. The third kappa shape index (κ3) is 0.867. The Kier molecular flexibility index (Phi) is 1.46. The van der Waals surface area contributed by atoms with Crippen LogP contribution >= 0.6 is 0 Å². The Morgan fingerprint density at radius 3 is 3.30 bits per heavy atom. The molecule has 2 atom stereocenters. The molecule has 0 saturated carbocycles. The van der Waals surface area contributed by atoms with Crippen molar-refractivity contribution in [1.29, 1.82) is 0 Å². The molecular formula is C8H15NO. The van der Waals surface area contributed by atoms with Gasteiger partial charge in [0, 0.05) is 25.6 Å². The molecule has 1 N–H and O–H groups in total. The number of ether oxygens (including phenoxy) is 1. The van der Waals surface area contributed by atoms with Crippen molar-refractivity contribution in [3.63, 3.8) is 0 Å². The second kappa shape index (κ2) is 2.21. The molecule has 58 valence electrons. The van der Waals surface area contributed by atoms with Crippen LogP contribution in [-0.2, 0) is 4.74 Å². The highest BCUT2D eigenvalue weighted by atomic mass is 16.5. The van der Waals surface area contributed by atoms with Crippen molar-refractivity contribution in [1.82, 2.24) is 5.32 Å². The molecule has 2 heteroatoms. The van der Waals surface area contributed by atoms with E-state index in [2.05, 4.69) is 12.2 Å². The largest absolute Gasteiger partial charge is 0.381 e. The van der Waals surface area contributed by atoms with E-state index in [4.69, 9.17) is 4.74 Å². The van der Waals surface area contributed by atoms with Crippen LogP contribution in [-0.4, -0.2) is 26.3 Å². The topological polar surface area (TPSA) is 21.3 Å². The van der Waals surface area contributed by atoms with Gasteiger partial charge in [0.2, 0.25) is 0 Å². The first-order valence-electron chi connectivity index (χ1n) is 4.10. The highest BCUT2D eigenvalue weighted by Gasteiger charge is 2.40. The molecule has 0 aromatic rings. The van der Waals surface area contributed by atoms with Gasteiger partial charge in [-0.05, 0) is 11.8 Å². The molecule has 2 aliphatic rings. The normalized spacial score (nSPS) is 47.1. The van der Waals surface area contributed by atoms with Gasteiger partial charge in [-0.1, -0.05) is 6.92 Å². The van der Waals surface area contributed by atoms with E-state index < -0.39 is 0 Å². The summed E-state index contributed by atoms with van der Waals surface area (Å²) in [5, 5.41) is 3.42. The van der Waals surface area contributed by atoms with E-state index in [0.29, 0.717) is 5.41 Å². The van der Waals surface area contributed by atoms with E-state index >= 15 is 0 Å². The molecule has 0 spiro atoms. The highest BCUT2D eigenvalue weighted by Crippen LogP contribution is 2.37. The summed E-state index contributed by atoms with van der Waals surface area (Å²) in [6.45, 7) is 6.68. The maximum atomic E-state index is 5.41. The predicted molar refractivity (Wildman–Crippen MR) is 39.9 cm³/mol. The Balaban J connectivity index is 2.10. The maximum Gasteiger partial charge on any atom is 0.0512 e. The fourth-order valence-electron chi connectivity index (χ4n) is 2.01. The molecule has 10 heavy (non-hydrogen) atoms. The lowest BCUT2D eigenvalue weighted by atomic mass is 9.76. The van der Waals surface area contributed by atoms with Gasteiger partial charge >= 0.3 is 0 Å². The fraction of sp³-hybridized carbons (Fsp3) is 1.00. The van der Waals surface area contributed by atoms with Crippen molar-refractivity contribution in [2.75, 3.05) is 26.3 Å². The van der Waals surface area contributed by atoms with E-state index in [1.807, 2.05) is 0 Å².